The first-order valence-electron chi connectivity index (χ1n) is 6.30. The molecule has 0 bridgehead atoms. The molecule has 0 saturated carbocycles. The van der Waals surface area contributed by atoms with Gasteiger partial charge in [-0.1, -0.05) is 18.2 Å². The van der Waals surface area contributed by atoms with E-state index in [1.165, 1.54) is 10.5 Å². The summed E-state index contributed by atoms with van der Waals surface area (Å²) in [5.74, 6) is 1.49. The number of rotatable bonds is 6. The van der Waals surface area contributed by atoms with Crippen LogP contribution in [0.5, 0.6) is 0 Å². The number of nitrogens with zero attached hydrogens (tertiary/aromatic N) is 2. The third-order valence-corrected chi connectivity index (χ3v) is 4.02. The topological polar surface area (TPSA) is 44.2 Å². The molecule has 106 valence electrons. The molecular weight excluding hydrogens is 272 g/mol. The predicted molar refractivity (Wildman–Crippen MR) is 79.5 cm³/mol. The van der Waals surface area contributed by atoms with Gasteiger partial charge < -0.3 is 9.47 Å². The van der Waals surface area contributed by atoms with E-state index >= 15 is 0 Å². The van der Waals surface area contributed by atoms with Crippen molar-refractivity contribution in [2.75, 3.05) is 14.2 Å². The SMILES string of the molecule is COC(OC)c1ccnc(CSc2ccccc2C)n1. The maximum absolute atomic E-state index is 5.20. The number of methoxy groups -OCH3 is 2. The molecule has 0 fully saturated rings. The fraction of sp³-hybridized carbons (Fsp3) is 0.333. The number of ether oxygens (including phenoxy) is 2. The Balaban J connectivity index is 2.07. The fourth-order valence-corrected chi connectivity index (χ4v) is 2.71. The first kappa shape index (κ1) is 15.0. The summed E-state index contributed by atoms with van der Waals surface area (Å²) in [5.41, 5.74) is 2.01. The Morgan fingerprint density at radius 1 is 1.15 bits per heavy atom. The molecule has 1 heterocycles. The molecule has 0 unspecified atom stereocenters. The molecule has 0 aliphatic rings. The van der Waals surface area contributed by atoms with Crippen LogP contribution in [-0.4, -0.2) is 24.2 Å². The summed E-state index contributed by atoms with van der Waals surface area (Å²) in [4.78, 5) is 10.0. The molecule has 0 atom stereocenters. The number of hydrogen-bond donors (Lipinski definition) is 0. The lowest BCUT2D eigenvalue weighted by atomic mass is 10.2. The number of benzene rings is 1. The Morgan fingerprint density at radius 3 is 2.60 bits per heavy atom. The highest BCUT2D eigenvalue weighted by atomic mass is 32.2. The minimum atomic E-state index is -0.444. The van der Waals surface area contributed by atoms with Crippen molar-refractivity contribution in [2.24, 2.45) is 0 Å². The third-order valence-electron chi connectivity index (χ3n) is 2.85. The van der Waals surface area contributed by atoms with Crippen LogP contribution in [0.1, 0.15) is 23.4 Å². The third kappa shape index (κ3) is 3.79. The molecule has 1 aromatic heterocycles. The van der Waals surface area contributed by atoms with E-state index in [1.54, 1.807) is 38.2 Å². The van der Waals surface area contributed by atoms with E-state index in [4.69, 9.17) is 9.47 Å². The molecule has 0 N–H and O–H groups in total. The lowest BCUT2D eigenvalue weighted by Crippen LogP contribution is -2.08. The van der Waals surface area contributed by atoms with Gasteiger partial charge >= 0.3 is 0 Å². The maximum atomic E-state index is 5.20. The molecule has 0 radical (unpaired) electrons. The van der Waals surface area contributed by atoms with Gasteiger partial charge in [0, 0.05) is 25.3 Å². The van der Waals surface area contributed by atoms with Gasteiger partial charge in [-0.3, -0.25) is 0 Å². The smallest absolute Gasteiger partial charge is 0.200 e. The van der Waals surface area contributed by atoms with Crippen LogP contribution < -0.4 is 0 Å². The molecule has 0 spiro atoms. The summed E-state index contributed by atoms with van der Waals surface area (Å²) in [5, 5.41) is 0. The fourth-order valence-electron chi connectivity index (χ4n) is 1.81. The first-order chi connectivity index (χ1) is 9.74. The summed E-state index contributed by atoms with van der Waals surface area (Å²) in [6.45, 7) is 2.10. The van der Waals surface area contributed by atoms with E-state index in [0.29, 0.717) is 0 Å². The average molecular weight is 290 g/mol. The minimum absolute atomic E-state index is 0.444. The van der Waals surface area contributed by atoms with E-state index in [0.717, 1.165) is 17.3 Å². The summed E-state index contributed by atoms with van der Waals surface area (Å²) >= 11 is 1.73. The van der Waals surface area contributed by atoms with Crippen LogP contribution in [0, 0.1) is 6.92 Å². The number of aryl methyl sites for hydroxylation is 1. The second-order valence-electron chi connectivity index (χ2n) is 4.26. The largest absolute Gasteiger partial charge is 0.350 e. The molecule has 0 aliphatic heterocycles. The zero-order chi connectivity index (χ0) is 14.4. The van der Waals surface area contributed by atoms with Gasteiger partial charge in [-0.25, -0.2) is 9.97 Å². The molecule has 2 aromatic rings. The van der Waals surface area contributed by atoms with Crippen molar-refractivity contribution in [1.29, 1.82) is 0 Å². The van der Waals surface area contributed by atoms with E-state index in [2.05, 4.69) is 29.0 Å². The highest BCUT2D eigenvalue weighted by molar-refractivity contribution is 7.98. The van der Waals surface area contributed by atoms with E-state index < -0.39 is 6.29 Å². The van der Waals surface area contributed by atoms with Gasteiger partial charge in [0.05, 0.1) is 11.4 Å². The first-order valence-corrected chi connectivity index (χ1v) is 7.29. The Labute approximate surface area is 123 Å². The Kier molecular flexibility index (Phi) is 5.52. The van der Waals surface area contributed by atoms with Crippen molar-refractivity contribution in [3.05, 3.63) is 53.6 Å². The molecule has 0 saturated heterocycles. The monoisotopic (exact) mass is 290 g/mol. The summed E-state index contributed by atoms with van der Waals surface area (Å²) in [7, 11) is 3.19. The van der Waals surface area contributed by atoms with Crippen LogP contribution in [0.4, 0.5) is 0 Å². The minimum Gasteiger partial charge on any atom is -0.350 e. The van der Waals surface area contributed by atoms with Gasteiger partial charge in [0.15, 0.2) is 0 Å². The quantitative estimate of drug-likeness (QED) is 0.603. The van der Waals surface area contributed by atoms with E-state index in [-0.39, 0.29) is 0 Å². The van der Waals surface area contributed by atoms with E-state index in [1.807, 2.05) is 12.1 Å². The highest BCUT2D eigenvalue weighted by Crippen LogP contribution is 2.25. The average Bonchev–Trinajstić information content (AvgIpc) is 2.48. The highest BCUT2D eigenvalue weighted by Gasteiger charge is 2.11. The van der Waals surface area contributed by atoms with Crippen LogP contribution in [0.3, 0.4) is 0 Å². The molecule has 0 amide bonds. The number of thioether (sulfide) groups is 1. The van der Waals surface area contributed by atoms with Crippen LogP contribution in [-0.2, 0) is 15.2 Å². The summed E-state index contributed by atoms with van der Waals surface area (Å²) in [6.07, 6.45) is 1.29. The van der Waals surface area contributed by atoms with Crippen molar-refractivity contribution in [3.63, 3.8) is 0 Å². The van der Waals surface area contributed by atoms with Crippen LogP contribution >= 0.6 is 11.8 Å². The Hall–Kier alpha value is -1.43. The second kappa shape index (κ2) is 7.38. The molecule has 1 aromatic carbocycles. The standard InChI is InChI=1S/C15H18N2O2S/c1-11-6-4-5-7-13(11)20-10-14-16-9-8-12(17-14)15(18-2)19-3/h4-9,15H,10H2,1-3H3. The molecule has 2 rings (SSSR count). The summed E-state index contributed by atoms with van der Waals surface area (Å²) < 4.78 is 10.4. The van der Waals surface area contributed by atoms with Gasteiger partial charge in [0.25, 0.3) is 0 Å². The molecule has 4 nitrogen and oxygen atoms in total. The van der Waals surface area contributed by atoms with Crippen LogP contribution in [0.25, 0.3) is 0 Å². The van der Waals surface area contributed by atoms with Gasteiger partial charge in [0.2, 0.25) is 6.29 Å². The van der Waals surface area contributed by atoms with Crippen molar-refractivity contribution in [3.8, 4) is 0 Å². The number of aromatic nitrogens is 2. The lowest BCUT2D eigenvalue weighted by molar-refractivity contribution is -0.108. The lowest BCUT2D eigenvalue weighted by Gasteiger charge is -2.13. The van der Waals surface area contributed by atoms with Crippen molar-refractivity contribution < 1.29 is 9.47 Å². The van der Waals surface area contributed by atoms with Gasteiger partial charge in [0.1, 0.15) is 5.82 Å². The van der Waals surface area contributed by atoms with Crippen molar-refractivity contribution in [2.45, 2.75) is 23.9 Å². The maximum Gasteiger partial charge on any atom is 0.200 e. The van der Waals surface area contributed by atoms with Gasteiger partial charge in [-0.2, -0.15) is 0 Å². The zero-order valence-electron chi connectivity index (χ0n) is 11.9. The van der Waals surface area contributed by atoms with Crippen molar-refractivity contribution >= 4 is 11.8 Å². The predicted octanol–water partition coefficient (Wildman–Crippen LogP) is 3.37. The number of hydrogen-bond acceptors (Lipinski definition) is 5. The Morgan fingerprint density at radius 2 is 1.90 bits per heavy atom. The van der Waals surface area contributed by atoms with Crippen LogP contribution in [0.2, 0.25) is 0 Å². The van der Waals surface area contributed by atoms with Gasteiger partial charge in [-0.15, -0.1) is 11.8 Å². The second-order valence-corrected chi connectivity index (χ2v) is 5.27. The van der Waals surface area contributed by atoms with Crippen LogP contribution in [0.15, 0.2) is 41.4 Å². The Bertz CT molecular complexity index is 559. The van der Waals surface area contributed by atoms with Crippen molar-refractivity contribution in [1.82, 2.24) is 9.97 Å². The molecular formula is C15H18N2O2S. The van der Waals surface area contributed by atoms with Gasteiger partial charge in [-0.05, 0) is 24.6 Å². The normalized spacial score (nSPS) is 11.0. The molecule has 5 heteroatoms. The molecule has 0 aliphatic carbocycles. The summed E-state index contributed by atoms with van der Waals surface area (Å²) in [6, 6.07) is 10.1. The van der Waals surface area contributed by atoms with E-state index in [9.17, 15) is 0 Å². The molecule has 20 heavy (non-hydrogen) atoms. The zero-order valence-corrected chi connectivity index (χ0v) is 12.7.